The Morgan fingerprint density at radius 1 is 1.30 bits per heavy atom. The molecule has 1 aliphatic heterocycles. The number of benzene rings is 2. The average molecular weight is 448 g/mol. The van der Waals surface area contributed by atoms with Crippen molar-refractivity contribution in [2.75, 3.05) is 17.7 Å². The monoisotopic (exact) mass is 447 g/mol. The van der Waals surface area contributed by atoms with Crippen molar-refractivity contribution in [2.24, 2.45) is 4.99 Å². The van der Waals surface area contributed by atoms with Gasteiger partial charge in [-0.05, 0) is 43.3 Å². The predicted molar refractivity (Wildman–Crippen MR) is 119 cm³/mol. The van der Waals surface area contributed by atoms with Crippen molar-refractivity contribution in [3.05, 3.63) is 65.1 Å². The van der Waals surface area contributed by atoms with E-state index in [1.807, 2.05) is 24.3 Å². The summed E-state index contributed by atoms with van der Waals surface area (Å²) in [4.78, 5) is 29.0. The molecule has 0 fully saturated rings. The van der Waals surface area contributed by atoms with Crippen LogP contribution in [0.3, 0.4) is 0 Å². The van der Waals surface area contributed by atoms with E-state index in [2.05, 4.69) is 15.6 Å². The molecule has 1 amide bonds. The van der Waals surface area contributed by atoms with Crippen LogP contribution in [0.4, 0.5) is 21.5 Å². The molecule has 0 radical (unpaired) electrons. The minimum atomic E-state index is -0.536. The maximum atomic E-state index is 13.2. The highest BCUT2D eigenvalue weighted by atomic mass is 35.5. The number of carbonyl (C=O) groups excluding carboxylic acids is 2. The average Bonchev–Trinajstić information content (AvgIpc) is 2.88. The molecule has 0 aliphatic carbocycles. The normalized spacial score (nSPS) is 13.7. The Hall–Kier alpha value is -2.84. The predicted octanol–water partition coefficient (Wildman–Crippen LogP) is 5.14. The first kappa shape index (κ1) is 21.9. The molecular weight excluding hydrogens is 429 g/mol. The molecule has 156 valence electrons. The van der Waals surface area contributed by atoms with Crippen LogP contribution in [0.2, 0.25) is 5.02 Å². The first-order valence-corrected chi connectivity index (χ1v) is 10.3. The maximum absolute atomic E-state index is 13.2. The molecule has 0 bridgehead atoms. The van der Waals surface area contributed by atoms with E-state index in [9.17, 15) is 14.0 Å². The summed E-state index contributed by atoms with van der Waals surface area (Å²) in [7, 11) is 1.32. The number of methoxy groups -OCH3 is 1. The fraction of sp³-hybridized carbons (Fsp3) is 0.190. The van der Waals surface area contributed by atoms with Gasteiger partial charge >= 0.3 is 5.97 Å². The summed E-state index contributed by atoms with van der Waals surface area (Å²) >= 11 is 7.21. The quantitative estimate of drug-likeness (QED) is 0.620. The molecule has 6 nitrogen and oxygen atoms in total. The lowest BCUT2D eigenvalue weighted by Gasteiger charge is -2.13. The van der Waals surface area contributed by atoms with Crippen LogP contribution >= 0.6 is 23.4 Å². The summed E-state index contributed by atoms with van der Waals surface area (Å²) in [5.74, 6) is -1.19. The minimum absolute atomic E-state index is 0.0379. The van der Waals surface area contributed by atoms with Crippen molar-refractivity contribution in [3.8, 4) is 0 Å². The molecular formula is C21H19ClFN3O3S. The highest BCUT2D eigenvalue weighted by molar-refractivity contribution is 8.15. The van der Waals surface area contributed by atoms with Crippen LogP contribution in [0.15, 0.2) is 59.2 Å². The molecule has 0 saturated heterocycles. The lowest BCUT2D eigenvalue weighted by atomic mass is 10.2. The van der Waals surface area contributed by atoms with Gasteiger partial charge in [0.05, 0.1) is 45.9 Å². The molecule has 1 atom stereocenters. The van der Waals surface area contributed by atoms with Gasteiger partial charge in [0.15, 0.2) is 0 Å². The molecule has 0 saturated carbocycles. The highest BCUT2D eigenvalue weighted by Crippen LogP contribution is 2.32. The van der Waals surface area contributed by atoms with Gasteiger partial charge in [-0.3, -0.25) is 9.59 Å². The van der Waals surface area contributed by atoms with Crippen molar-refractivity contribution in [3.63, 3.8) is 0 Å². The summed E-state index contributed by atoms with van der Waals surface area (Å²) in [5.41, 5.74) is 2.36. The lowest BCUT2D eigenvalue weighted by molar-refractivity contribution is -0.139. The van der Waals surface area contributed by atoms with Crippen LogP contribution in [0.25, 0.3) is 0 Å². The molecule has 0 spiro atoms. The number of carbonyl (C=O) groups is 2. The summed E-state index contributed by atoms with van der Waals surface area (Å²) in [6.07, 6.45) is 1.76. The SMILES string of the molecule is COC(=O)CC1=CC(S[C@H](C)C(=O)Nc2ccc(F)cc2Cl)=Nc2ccccc2N1. The molecule has 2 N–H and O–H groups in total. The Balaban J connectivity index is 1.79. The van der Waals surface area contributed by atoms with Gasteiger partial charge in [-0.25, -0.2) is 9.38 Å². The smallest absolute Gasteiger partial charge is 0.311 e. The number of thioether (sulfide) groups is 1. The Kier molecular flexibility index (Phi) is 7.12. The van der Waals surface area contributed by atoms with Crippen molar-refractivity contribution >= 4 is 57.3 Å². The molecule has 30 heavy (non-hydrogen) atoms. The van der Waals surface area contributed by atoms with E-state index >= 15 is 0 Å². The van der Waals surface area contributed by atoms with Crippen LogP contribution in [0.1, 0.15) is 13.3 Å². The van der Waals surface area contributed by atoms with E-state index in [4.69, 9.17) is 16.3 Å². The van der Waals surface area contributed by atoms with E-state index in [0.29, 0.717) is 22.1 Å². The van der Waals surface area contributed by atoms with E-state index in [1.54, 1.807) is 13.0 Å². The van der Waals surface area contributed by atoms with Gasteiger partial charge in [0.25, 0.3) is 0 Å². The standard InChI is InChI=1S/C21H19ClFN3O3S/c1-12(21(28)26-16-8-7-13(23)9-15(16)22)30-19-10-14(11-20(27)29-2)24-17-5-3-4-6-18(17)25-19/h3-10,12,24H,11H2,1-2H3,(H,26,28)/t12-/m1/s1. The molecule has 1 heterocycles. The van der Waals surface area contributed by atoms with Crippen molar-refractivity contribution in [1.29, 1.82) is 0 Å². The topological polar surface area (TPSA) is 79.8 Å². The first-order chi connectivity index (χ1) is 14.4. The number of hydrogen-bond acceptors (Lipinski definition) is 6. The summed E-state index contributed by atoms with van der Waals surface area (Å²) in [6.45, 7) is 1.72. The largest absolute Gasteiger partial charge is 0.469 e. The van der Waals surface area contributed by atoms with Gasteiger partial charge in [-0.2, -0.15) is 0 Å². The van der Waals surface area contributed by atoms with E-state index < -0.39 is 17.0 Å². The molecule has 0 aromatic heterocycles. The first-order valence-electron chi connectivity index (χ1n) is 9.00. The minimum Gasteiger partial charge on any atom is -0.469 e. The Bertz CT molecular complexity index is 1040. The molecule has 9 heteroatoms. The fourth-order valence-corrected chi connectivity index (χ4v) is 3.73. The number of aliphatic imine (C=N–C) groups is 1. The Morgan fingerprint density at radius 3 is 2.80 bits per heavy atom. The zero-order valence-corrected chi connectivity index (χ0v) is 17.8. The van der Waals surface area contributed by atoms with Gasteiger partial charge < -0.3 is 15.4 Å². The number of amides is 1. The molecule has 2 aromatic carbocycles. The highest BCUT2D eigenvalue weighted by Gasteiger charge is 2.20. The van der Waals surface area contributed by atoms with Crippen LogP contribution in [-0.2, 0) is 14.3 Å². The van der Waals surface area contributed by atoms with E-state index in [0.717, 1.165) is 11.8 Å². The molecule has 2 aromatic rings. The molecule has 3 rings (SSSR count). The maximum Gasteiger partial charge on any atom is 0.311 e. The lowest BCUT2D eigenvalue weighted by Crippen LogP contribution is -2.23. The molecule has 0 unspecified atom stereocenters. The summed E-state index contributed by atoms with van der Waals surface area (Å²) in [5, 5.41) is 6.01. The van der Waals surface area contributed by atoms with Gasteiger partial charge in [-0.1, -0.05) is 35.5 Å². The number of anilines is 2. The number of nitrogens with zero attached hydrogens (tertiary/aromatic N) is 1. The van der Waals surface area contributed by atoms with Gasteiger partial charge in [0.2, 0.25) is 5.91 Å². The van der Waals surface area contributed by atoms with Gasteiger partial charge in [0, 0.05) is 5.70 Å². The zero-order valence-electron chi connectivity index (χ0n) is 16.2. The number of esters is 1. The number of fused-ring (bicyclic) bond motifs is 1. The summed E-state index contributed by atoms with van der Waals surface area (Å²) in [6, 6.07) is 11.2. The third-order valence-electron chi connectivity index (χ3n) is 4.15. The van der Waals surface area contributed by atoms with Crippen molar-refractivity contribution < 1.29 is 18.7 Å². The van der Waals surface area contributed by atoms with Gasteiger partial charge in [0.1, 0.15) is 5.82 Å². The number of rotatable bonds is 5. The Labute approximate surface area is 182 Å². The number of para-hydroxylation sites is 2. The van der Waals surface area contributed by atoms with Crippen LogP contribution in [-0.4, -0.2) is 29.3 Å². The van der Waals surface area contributed by atoms with Crippen molar-refractivity contribution in [1.82, 2.24) is 0 Å². The zero-order chi connectivity index (χ0) is 21.7. The number of nitrogens with one attached hydrogen (secondary N) is 2. The number of hydrogen-bond donors (Lipinski definition) is 2. The summed E-state index contributed by atoms with van der Waals surface area (Å²) < 4.78 is 18.0. The second-order valence-electron chi connectivity index (χ2n) is 6.39. The van der Waals surface area contributed by atoms with E-state index in [-0.39, 0.29) is 17.4 Å². The van der Waals surface area contributed by atoms with Crippen LogP contribution in [0, 0.1) is 5.82 Å². The van der Waals surface area contributed by atoms with Crippen LogP contribution in [0.5, 0.6) is 0 Å². The van der Waals surface area contributed by atoms with Crippen LogP contribution < -0.4 is 10.6 Å². The third kappa shape index (κ3) is 5.61. The Morgan fingerprint density at radius 2 is 2.07 bits per heavy atom. The van der Waals surface area contributed by atoms with Gasteiger partial charge in [-0.15, -0.1) is 0 Å². The second kappa shape index (κ2) is 9.77. The number of ether oxygens (including phenoxy) is 1. The molecule has 1 aliphatic rings. The fourth-order valence-electron chi connectivity index (χ4n) is 2.63. The van der Waals surface area contributed by atoms with Crippen molar-refractivity contribution in [2.45, 2.75) is 18.6 Å². The third-order valence-corrected chi connectivity index (χ3v) is 5.48. The number of halogens is 2. The van der Waals surface area contributed by atoms with E-state index in [1.165, 1.54) is 31.0 Å². The second-order valence-corrected chi connectivity index (χ2v) is 8.16.